The third-order valence-electron chi connectivity index (χ3n) is 4.57. The molecule has 0 radical (unpaired) electrons. The van der Waals surface area contributed by atoms with Crippen LogP contribution in [0.2, 0.25) is 0 Å². The summed E-state index contributed by atoms with van der Waals surface area (Å²) < 4.78 is 14.6. The first kappa shape index (κ1) is 19.5. The van der Waals surface area contributed by atoms with E-state index in [1.807, 2.05) is 13.8 Å². The van der Waals surface area contributed by atoms with E-state index in [0.717, 1.165) is 12.0 Å². The summed E-state index contributed by atoms with van der Waals surface area (Å²) in [6.07, 6.45) is 3.08. The third kappa shape index (κ3) is 4.36. The van der Waals surface area contributed by atoms with Crippen LogP contribution < -0.4 is 10.6 Å². The normalized spacial score (nSPS) is 12.0. The topological polar surface area (TPSA) is 75.5 Å². The second-order valence-corrected chi connectivity index (χ2v) is 6.66. The highest BCUT2D eigenvalue weighted by Gasteiger charge is 2.21. The Morgan fingerprint density at radius 1 is 1.14 bits per heavy atom. The summed E-state index contributed by atoms with van der Waals surface area (Å²) in [6, 6.07) is 11.5. The number of nitrogens with zero attached hydrogens (tertiary/aromatic N) is 2. The maximum Gasteiger partial charge on any atom is 0.287 e. The van der Waals surface area contributed by atoms with Gasteiger partial charge in [-0.05, 0) is 49.6 Å². The van der Waals surface area contributed by atoms with Gasteiger partial charge in [0.1, 0.15) is 5.82 Å². The van der Waals surface area contributed by atoms with Gasteiger partial charge in [0.25, 0.3) is 11.8 Å². The van der Waals surface area contributed by atoms with E-state index in [4.69, 9.17) is 0 Å². The summed E-state index contributed by atoms with van der Waals surface area (Å²) in [5, 5.41) is 5.69. The van der Waals surface area contributed by atoms with Crippen molar-refractivity contribution in [3.05, 3.63) is 71.6 Å². The molecule has 2 amide bonds. The molecular formula is C21H23FN4O2. The van der Waals surface area contributed by atoms with Crippen LogP contribution in [0.1, 0.15) is 46.9 Å². The van der Waals surface area contributed by atoms with Gasteiger partial charge >= 0.3 is 0 Å². The van der Waals surface area contributed by atoms with Crippen molar-refractivity contribution in [3.63, 3.8) is 0 Å². The van der Waals surface area contributed by atoms with Gasteiger partial charge in [-0.2, -0.15) is 0 Å². The maximum atomic E-state index is 13.0. The van der Waals surface area contributed by atoms with Crippen molar-refractivity contribution in [3.8, 4) is 0 Å². The summed E-state index contributed by atoms with van der Waals surface area (Å²) in [7, 11) is 0. The Morgan fingerprint density at radius 2 is 1.89 bits per heavy atom. The lowest BCUT2D eigenvalue weighted by Crippen LogP contribution is -2.33. The summed E-state index contributed by atoms with van der Waals surface area (Å²) in [4.78, 5) is 29.5. The molecule has 0 fully saturated rings. The van der Waals surface area contributed by atoms with Crippen molar-refractivity contribution in [2.24, 2.45) is 0 Å². The second kappa shape index (κ2) is 8.65. The summed E-state index contributed by atoms with van der Waals surface area (Å²) >= 11 is 0. The van der Waals surface area contributed by atoms with Gasteiger partial charge in [-0.1, -0.05) is 25.1 Å². The molecule has 0 aliphatic heterocycles. The smallest absolute Gasteiger partial charge is 0.287 e. The van der Waals surface area contributed by atoms with Crippen LogP contribution >= 0.6 is 0 Å². The van der Waals surface area contributed by atoms with Gasteiger partial charge in [-0.3, -0.25) is 14.0 Å². The van der Waals surface area contributed by atoms with Crippen molar-refractivity contribution < 1.29 is 14.0 Å². The van der Waals surface area contributed by atoms with Gasteiger partial charge in [0.2, 0.25) is 5.82 Å². The lowest BCUT2D eigenvalue weighted by atomic mass is 10.1. The zero-order valence-corrected chi connectivity index (χ0v) is 15.9. The number of carbonyl (C=O) groups is 2. The molecule has 0 saturated heterocycles. The lowest BCUT2D eigenvalue weighted by Gasteiger charge is -2.10. The van der Waals surface area contributed by atoms with Gasteiger partial charge in [0.15, 0.2) is 5.69 Å². The number of pyridine rings is 1. The van der Waals surface area contributed by atoms with Crippen molar-refractivity contribution in [1.29, 1.82) is 0 Å². The molecule has 0 aliphatic carbocycles. The fraction of sp³-hybridized carbons (Fsp3) is 0.286. The van der Waals surface area contributed by atoms with Crippen LogP contribution in [0.4, 0.5) is 4.39 Å². The summed E-state index contributed by atoms with van der Waals surface area (Å²) in [5.41, 5.74) is 1.69. The van der Waals surface area contributed by atoms with Crippen LogP contribution in [0.5, 0.6) is 0 Å². The highest BCUT2D eigenvalue weighted by atomic mass is 19.1. The first-order valence-corrected chi connectivity index (χ1v) is 9.30. The molecule has 28 heavy (non-hydrogen) atoms. The Labute approximate surface area is 162 Å². The van der Waals surface area contributed by atoms with E-state index in [2.05, 4.69) is 15.6 Å². The number of halogens is 1. The largest absolute Gasteiger partial charge is 0.350 e. The number of imidazole rings is 1. The van der Waals surface area contributed by atoms with Crippen LogP contribution in [0.3, 0.4) is 0 Å². The van der Waals surface area contributed by atoms with Crippen molar-refractivity contribution in [1.82, 2.24) is 20.0 Å². The molecular weight excluding hydrogens is 359 g/mol. The molecule has 6 nitrogen and oxygen atoms in total. The molecule has 7 heteroatoms. The second-order valence-electron chi connectivity index (χ2n) is 6.66. The Kier molecular flexibility index (Phi) is 6.03. The zero-order valence-electron chi connectivity index (χ0n) is 15.9. The minimum Gasteiger partial charge on any atom is -0.350 e. The Hall–Kier alpha value is -3.22. The van der Waals surface area contributed by atoms with E-state index >= 15 is 0 Å². The quantitative estimate of drug-likeness (QED) is 0.660. The molecule has 1 aromatic carbocycles. The average molecular weight is 382 g/mol. The van der Waals surface area contributed by atoms with Crippen LogP contribution in [0, 0.1) is 5.82 Å². The van der Waals surface area contributed by atoms with Crippen LogP contribution in [0.25, 0.3) is 5.52 Å². The van der Waals surface area contributed by atoms with E-state index in [1.165, 1.54) is 12.1 Å². The van der Waals surface area contributed by atoms with Gasteiger partial charge in [-0.25, -0.2) is 9.37 Å². The molecule has 3 rings (SSSR count). The van der Waals surface area contributed by atoms with E-state index < -0.39 is 0 Å². The molecule has 3 aromatic rings. The highest BCUT2D eigenvalue weighted by molar-refractivity contribution is 6.02. The fourth-order valence-electron chi connectivity index (χ4n) is 2.81. The number of nitrogens with one attached hydrogen (secondary N) is 2. The van der Waals surface area contributed by atoms with Crippen molar-refractivity contribution in [2.45, 2.75) is 32.7 Å². The van der Waals surface area contributed by atoms with E-state index in [1.54, 1.807) is 40.9 Å². The molecule has 2 aromatic heterocycles. The van der Waals surface area contributed by atoms with Crippen LogP contribution in [-0.2, 0) is 6.42 Å². The molecule has 2 N–H and O–H groups in total. The number of fused-ring (bicyclic) bond motifs is 1. The van der Waals surface area contributed by atoms with E-state index in [9.17, 15) is 14.0 Å². The van der Waals surface area contributed by atoms with Crippen LogP contribution in [0.15, 0.2) is 48.7 Å². The Balaban J connectivity index is 1.75. The third-order valence-corrected chi connectivity index (χ3v) is 4.57. The number of carbonyl (C=O) groups excluding carboxylic acids is 2. The van der Waals surface area contributed by atoms with Crippen LogP contribution in [-0.4, -0.2) is 33.8 Å². The molecule has 1 atom stereocenters. The Morgan fingerprint density at radius 3 is 2.61 bits per heavy atom. The first-order valence-electron chi connectivity index (χ1n) is 9.30. The lowest BCUT2D eigenvalue weighted by molar-refractivity contribution is 0.0928. The highest BCUT2D eigenvalue weighted by Crippen LogP contribution is 2.14. The minimum atomic E-state index is -0.353. The predicted molar refractivity (Wildman–Crippen MR) is 105 cm³/mol. The number of hydrogen-bond acceptors (Lipinski definition) is 3. The number of rotatable bonds is 7. The predicted octanol–water partition coefficient (Wildman–Crippen LogP) is 2.97. The molecule has 146 valence electrons. The molecule has 0 aliphatic rings. The number of benzene rings is 1. The van der Waals surface area contributed by atoms with Gasteiger partial charge in [0, 0.05) is 18.8 Å². The Bertz CT molecular complexity index is 982. The summed E-state index contributed by atoms with van der Waals surface area (Å²) in [6.45, 7) is 4.27. The number of amides is 2. The van der Waals surface area contributed by atoms with E-state index in [-0.39, 0.29) is 35.2 Å². The molecule has 0 bridgehead atoms. The van der Waals surface area contributed by atoms with Gasteiger partial charge < -0.3 is 10.6 Å². The molecule has 0 saturated carbocycles. The monoisotopic (exact) mass is 382 g/mol. The fourth-order valence-corrected chi connectivity index (χ4v) is 2.81. The van der Waals surface area contributed by atoms with Crippen molar-refractivity contribution >= 4 is 17.3 Å². The van der Waals surface area contributed by atoms with Gasteiger partial charge in [-0.15, -0.1) is 0 Å². The van der Waals surface area contributed by atoms with Crippen molar-refractivity contribution in [2.75, 3.05) is 6.54 Å². The summed E-state index contributed by atoms with van der Waals surface area (Å²) in [5.74, 6) is -0.783. The molecule has 2 heterocycles. The maximum absolute atomic E-state index is 13.0. The van der Waals surface area contributed by atoms with E-state index in [0.29, 0.717) is 18.5 Å². The average Bonchev–Trinajstić information content (AvgIpc) is 3.09. The standard InChI is InChI=1S/C21H23FN4O2/c1-3-14(2)24-21(28)19-25-18(17-6-4-5-13-26(17)19)20(27)23-12-11-15-7-9-16(22)10-8-15/h4-10,13-14H,3,11-12H2,1-2H3,(H,23,27)(H,24,28). The number of hydrogen-bond donors (Lipinski definition) is 2. The first-order chi connectivity index (χ1) is 13.5. The SMILES string of the molecule is CCC(C)NC(=O)c1nc(C(=O)NCCc2ccc(F)cc2)c2ccccn12. The molecule has 0 spiro atoms. The number of aromatic nitrogens is 2. The van der Waals surface area contributed by atoms with Gasteiger partial charge in [0.05, 0.1) is 5.52 Å². The zero-order chi connectivity index (χ0) is 20.1. The molecule has 1 unspecified atom stereocenters. The minimum absolute atomic E-state index is 0.0107.